The molecule has 0 aliphatic heterocycles. The minimum absolute atomic E-state index is 0.319. The van der Waals surface area contributed by atoms with E-state index in [0.29, 0.717) is 18.5 Å². The Kier molecular flexibility index (Phi) is 4.99. The van der Waals surface area contributed by atoms with Crippen LogP contribution in [-0.2, 0) is 0 Å². The van der Waals surface area contributed by atoms with E-state index >= 15 is 0 Å². The second-order valence-corrected chi connectivity index (χ2v) is 3.86. The van der Waals surface area contributed by atoms with E-state index in [-0.39, 0.29) is 6.04 Å². The maximum absolute atomic E-state index is 13.1. The first kappa shape index (κ1) is 13.5. The number of rotatable bonds is 6. The van der Waals surface area contributed by atoms with Crippen molar-refractivity contribution in [3.05, 3.63) is 39.7 Å². The van der Waals surface area contributed by atoms with E-state index in [1.807, 2.05) is 0 Å². The van der Waals surface area contributed by atoms with Crippen LogP contribution < -0.4 is 11.5 Å². The minimum atomic E-state index is -0.840. The fourth-order valence-electron chi connectivity index (χ4n) is 1.58. The molecule has 6 heteroatoms. The molecule has 0 aliphatic rings. The fourth-order valence-corrected chi connectivity index (χ4v) is 1.58. The van der Waals surface area contributed by atoms with Crippen molar-refractivity contribution in [3.8, 4) is 0 Å². The van der Waals surface area contributed by atoms with Gasteiger partial charge in [0.25, 0.3) is 0 Å². The summed E-state index contributed by atoms with van der Waals surface area (Å²) in [5.74, 6) is -0.840. The average Bonchev–Trinajstić information content (AvgIpc) is 2.29. The largest absolute Gasteiger partial charge is 0.330 e. The summed E-state index contributed by atoms with van der Waals surface area (Å²) >= 11 is 0. The molecule has 4 N–H and O–H groups in total. The number of nitro groups is 1. The third-order valence-corrected chi connectivity index (χ3v) is 2.56. The van der Waals surface area contributed by atoms with Gasteiger partial charge in [0, 0.05) is 12.1 Å². The summed E-state index contributed by atoms with van der Waals surface area (Å²) in [6, 6.07) is 3.44. The molecule has 1 rings (SSSR count). The Bertz CT molecular complexity index is 398. The highest BCUT2D eigenvalue weighted by Crippen LogP contribution is 2.24. The van der Waals surface area contributed by atoms with Crippen LogP contribution in [0.4, 0.5) is 10.1 Å². The molecule has 0 aromatic heterocycles. The summed E-state index contributed by atoms with van der Waals surface area (Å²) in [4.78, 5) is 9.82. The van der Waals surface area contributed by atoms with Crippen LogP contribution in [0.5, 0.6) is 0 Å². The zero-order valence-electron chi connectivity index (χ0n) is 9.43. The van der Waals surface area contributed by atoms with Gasteiger partial charge in [0.1, 0.15) is 0 Å². The van der Waals surface area contributed by atoms with Gasteiger partial charge in [-0.25, -0.2) is 0 Å². The smallest absolute Gasteiger partial charge is 0.305 e. The van der Waals surface area contributed by atoms with E-state index in [0.717, 1.165) is 18.9 Å². The summed E-state index contributed by atoms with van der Waals surface area (Å²) in [6.45, 7) is 0.594. The monoisotopic (exact) mass is 241 g/mol. The molecule has 1 aromatic carbocycles. The normalized spacial score (nSPS) is 12.4. The van der Waals surface area contributed by atoms with Crippen LogP contribution in [0.1, 0.15) is 30.9 Å². The van der Waals surface area contributed by atoms with Crippen LogP contribution in [0, 0.1) is 15.9 Å². The van der Waals surface area contributed by atoms with Gasteiger partial charge in [0.2, 0.25) is 5.82 Å². The lowest BCUT2D eigenvalue weighted by molar-refractivity contribution is -0.387. The standard InChI is InChI=1S/C11H16FN3O2/c12-9-5-4-8(7-11(9)15(16)17)10(14)3-1-2-6-13/h4-5,7,10H,1-3,6,13-14H2/t10-/m0/s1. The first-order valence-electron chi connectivity index (χ1n) is 5.45. The Hall–Kier alpha value is -1.53. The second-order valence-electron chi connectivity index (χ2n) is 3.86. The van der Waals surface area contributed by atoms with E-state index in [2.05, 4.69) is 0 Å². The average molecular weight is 241 g/mol. The van der Waals surface area contributed by atoms with Gasteiger partial charge in [-0.1, -0.05) is 12.5 Å². The van der Waals surface area contributed by atoms with Gasteiger partial charge >= 0.3 is 5.69 Å². The molecule has 0 bridgehead atoms. The van der Waals surface area contributed by atoms with Gasteiger partial charge in [-0.3, -0.25) is 10.1 Å². The summed E-state index contributed by atoms with van der Waals surface area (Å²) in [5, 5.41) is 10.6. The highest BCUT2D eigenvalue weighted by Gasteiger charge is 2.16. The predicted molar refractivity (Wildman–Crippen MR) is 62.9 cm³/mol. The zero-order valence-corrected chi connectivity index (χ0v) is 9.43. The quantitative estimate of drug-likeness (QED) is 0.451. The van der Waals surface area contributed by atoms with Crippen LogP contribution in [-0.4, -0.2) is 11.5 Å². The Morgan fingerprint density at radius 2 is 2.12 bits per heavy atom. The highest BCUT2D eigenvalue weighted by molar-refractivity contribution is 5.37. The van der Waals surface area contributed by atoms with Crippen molar-refractivity contribution in [1.29, 1.82) is 0 Å². The van der Waals surface area contributed by atoms with E-state index in [9.17, 15) is 14.5 Å². The molecule has 0 unspecified atom stereocenters. The molecule has 94 valence electrons. The minimum Gasteiger partial charge on any atom is -0.330 e. The number of nitrogens with two attached hydrogens (primary N) is 2. The van der Waals surface area contributed by atoms with Gasteiger partial charge in [0.05, 0.1) is 4.92 Å². The summed E-state index contributed by atoms with van der Waals surface area (Å²) < 4.78 is 13.1. The molecule has 0 amide bonds. The molecule has 0 fully saturated rings. The number of nitrogens with zero attached hydrogens (tertiary/aromatic N) is 1. The fraction of sp³-hybridized carbons (Fsp3) is 0.455. The number of hydrogen-bond acceptors (Lipinski definition) is 4. The summed E-state index contributed by atoms with van der Waals surface area (Å²) in [7, 11) is 0. The first-order valence-corrected chi connectivity index (χ1v) is 5.45. The van der Waals surface area contributed by atoms with Gasteiger partial charge in [-0.15, -0.1) is 0 Å². The molecule has 17 heavy (non-hydrogen) atoms. The van der Waals surface area contributed by atoms with E-state index < -0.39 is 16.4 Å². The van der Waals surface area contributed by atoms with Crippen LogP contribution in [0.15, 0.2) is 18.2 Å². The molecule has 5 nitrogen and oxygen atoms in total. The van der Waals surface area contributed by atoms with Crippen molar-refractivity contribution in [2.24, 2.45) is 11.5 Å². The highest BCUT2D eigenvalue weighted by atomic mass is 19.1. The van der Waals surface area contributed by atoms with E-state index in [1.54, 1.807) is 0 Å². The van der Waals surface area contributed by atoms with Crippen molar-refractivity contribution in [1.82, 2.24) is 0 Å². The number of hydrogen-bond donors (Lipinski definition) is 2. The van der Waals surface area contributed by atoms with Crippen LogP contribution in [0.25, 0.3) is 0 Å². The molecule has 0 aliphatic carbocycles. The lowest BCUT2D eigenvalue weighted by Gasteiger charge is -2.11. The predicted octanol–water partition coefficient (Wildman–Crippen LogP) is 1.86. The number of benzene rings is 1. The molecule has 0 spiro atoms. The number of nitro benzene ring substituents is 1. The molecule has 1 atom stereocenters. The summed E-state index contributed by atoms with van der Waals surface area (Å²) in [5.41, 5.74) is 11.3. The first-order chi connectivity index (χ1) is 8.06. The third-order valence-electron chi connectivity index (χ3n) is 2.56. The van der Waals surface area contributed by atoms with Crippen LogP contribution in [0.3, 0.4) is 0 Å². The van der Waals surface area contributed by atoms with Crippen LogP contribution >= 0.6 is 0 Å². The lowest BCUT2D eigenvalue weighted by atomic mass is 10.0. The second kappa shape index (κ2) is 6.27. The van der Waals surface area contributed by atoms with Gasteiger partial charge in [0.15, 0.2) is 0 Å². The molecular formula is C11H16FN3O2. The van der Waals surface area contributed by atoms with Crippen molar-refractivity contribution in [3.63, 3.8) is 0 Å². The molecular weight excluding hydrogens is 225 g/mol. The molecule has 0 radical (unpaired) electrons. The van der Waals surface area contributed by atoms with Crippen molar-refractivity contribution >= 4 is 5.69 Å². The van der Waals surface area contributed by atoms with Crippen molar-refractivity contribution < 1.29 is 9.31 Å². The topological polar surface area (TPSA) is 95.2 Å². The Balaban J connectivity index is 2.77. The molecule has 1 aromatic rings. The molecule has 0 saturated heterocycles. The lowest BCUT2D eigenvalue weighted by Crippen LogP contribution is -2.11. The number of halogens is 1. The summed E-state index contributed by atoms with van der Waals surface area (Å²) in [6.07, 6.45) is 2.39. The molecule has 0 heterocycles. The van der Waals surface area contributed by atoms with E-state index in [1.165, 1.54) is 12.1 Å². The Morgan fingerprint density at radius 3 is 2.71 bits per heavy atom. The maximum atomic E-state index is 13.1. The van der Waals surface area contributed by atoms with Crippen molar-refractivity contribution in [2.75, 3.05) is 6.54 Å². The van der Waals surface area contributed by atoms with Crippen LogP contribution in [0.2, 0.25) is 0 Å². The van der Waals surface area contributed by atoms with Gasteiger partial charge < -0.3 is 11.5 Å². The van der Waals surface area contributed by atoms with Gasteiger partial charge in [-0.2, -0.15) is 4.39 Å². The van der Waals surface area contributed by atoms with Crippen molar-refractivity contribution in [2.45, 2.75) is 25.3 Å². The molecule has 0 saturated carbocycles. The maximum Gasteiger partial charge on any atom is 0.305 e. The SMILES string of the molecule is NCCCC[C@H](N)c1ccc(F)c([N+](=O)[O-])c1. The van der Waals surface area contributed by atoms with Gasteiger partial charge in [-0.05, 0) is 31.0 Å². The number of unbranched alkanes of at least 4 members (excludes halogenated alkanes) is 1. The third kappa shape index (κ3) is 3.76. The van der Waals surface area contributed by atoms with E-state index in [4.69, 9.17) is 11.5 Å². The zero-order chi connectivity index (χ0) is 12.8. The Morgan fingerprint density at radius 1 is 1.41 bits per heavy atom. The Labute approximate surface area is 98.8 Å².